The van der Waals surface area contributed by atoms with Crippen LogP contribution >= 0.6 is 11.8 Å². The molecule has 118 valence electrons. The van der Waals surface area contributed by atoms with Crippen molar-refractivity contribution < 1.29 is 19.4 Å². The minimum Gasteiger partial charge on any atom is -0.481 e. The molecule has 1 unspecified atom stereocenters. The van der Waals surface area contributed by atoms with Crippen molar-refractivity contribution in [3.8, 4) is 0 Å². The molecule has 0 spiro atoms. The molecule has 1 N–H and O–H groups in total. The minimum atomic E-state index is -0.945. The van der Waals surface area contributed by atoms with Crippen LogP contribution in [0.25, 0.3) is 0 Å². The number of ether oxygens (including phenoxy) is 1. The molecule has 0 radical (unpaired) electrons. The fourth-order valence-corrected chi connectivity index (χ4v) is 2.66. The SMILES string of the molecule is COC(=O)C(C(C)C)n1c(SCC(=O)O)nnc1C(C)C. The van der Waals surface area contributed by atoms with Crippen LogP contribution in [0.2, 0.25) is 0 Å². The van der Waals surface area contributed by atoms with Crippen LogP contribution in [-0.2, 0) is 14.3 Å². The van der Waals surface area contributed by atoms with E-state index in [0.29, 0.717) is 11.0 Å². The summed E-state index contributed by atoms with van der Waals surface area (Å²) in [6.07, 6.45) is 0. The molecule has 21 heavy (non-hydrogen) atoms. The highest BCUT2D eigenvalue weighted by Gasteiger charge is 2.31. The van der Waals surface area contributed by atoms with Gasteiger partial charge in [0.2, 0.25) is 0 Å². The summed E-state index contributed by atoms with van der Waals surface area (Å²) in [4.78, 5) is 22.8. The molecule has 0 saturated heterocycles. The topological polar surface area (TPSA) is 94.3 Å². The van der Waals surface area contributed by atoms with Crippen LogP contribution in [0.4, 0.5) is 0 Å². The van der Waals surface area contributed by atoms with Crippen molar-refractivity contribution >= 4 is 23.7 Å². The van der Waals surface area contributed by atoms with Crippen LogP contribution in [0.5, 0.6) is 0 Å². The summed E-state index contributed by atoms with van der Waals surface area (Å²) >= 11 is 1.05. The number of hydrogen-bond donors (Lipinski definition) is 1. The molecule has 0 bridgehead atoms. The third kappa shape index (κ3) is 4.20. The Bertz CT molecular complexity index is 514. The summed E-state index contributed by atoms with van der Waals surface area (Å²) < 4.78 is 6.58. The lowest BCUT2D eigenvalue weighted by Crippen LogP contribution is -2.28. The van der Waals surface area contributed by atoms with Crippen molar-refractivity contribution in [1.82, 2.24) is 14.8 Å². The second-order valence-corrected chi connectivity index (χ2v) is 6.20. The van der Waals surface area contributed by atoms with Gasteiger partial charge in [-0.15, -0.1) is 10.2 Å². The van der Waals surface area contributed by atoms with E-state index in [-0.39, 0.29) is 23.6 Å². The van der Waals surface area contributed by atoms with Crippen molar-refractivity contribution in [2.24, 2.45) is 5.92 Å². The Kier molecular flexibility index (Phi) is 6.19. The van der Waals surface area contributed by atoms with E-state index in [9.17, 15) is 9.59 Å². The molecule has 7 nitrogen and oxygen atoms in total. The lowest BCUT2D eigenvalue weighted by Gasteiger charge is -2.23. The molecule has 0 aliphatic carbocycles. The summed E-state index contributed by atoms with van der Waals surface area (Å²) in [7, 11) is 1.33. The first-order chi connectivity index (χ1) is 9.79. The number of aromatic nitrogens is 3. The van der Waals surface area contributed by atoms with Crippen molar-refractivity contribution in [1.29, 1.82) is 0 Å². The van der Waals surface area contributed by atoms with Gasteiger partial charge in [-0.05, 0) is 5.92 Å². The molecule has 1 rings (SSSR count). The van der Waals surface area contributed by atoms with E-state index < -0.39 is 12.0 Å². The van der Waals surface area contributed by atoms with Gasteiger partial charge in [-0.25, -0.2) is 4.79 Å². The first kappa shape index (κ1) is 17.5. The van der Waals surface area contributed by atoms with Crippen LogP contribution in [0.15, 0.2) is 5.16 Å². The summed E-state index contributed by atoms with van der Waals surface area (Å²) in [5.41, 5.74) is 0. The van der Waals surface area contributed by atoms with E-state index in [2.05, 4.69) is 10.2 Å². The molecule has 0 aliphatic rings. The number of methoxy groups -OCH3 is 1. The molecule has 1 aromatic heterocycles. The number of thioether (sulfide) groups is 1. The first-order valence-electron chi connectivity index (χ1n) is 6.66. The summed E-state index contributed by atoms with van der Waals surface area (Å²) in [6, 6.07) is -0.571. The number of nitrogens with zero attached hydrogens (tertiary/aromatic N) is 3. The monoisotopic (exact) mass is 315 g/mol. The van der Waals surface area contributed by atoms with Gasteiger partial charge >= 0.3 is 11.9 Å². The Balaban J connectivity index is 3.29. The molecule has 1 heterocycles. The van der Waals surface area contributed by atoms with Gasteiger partial charge in [-0.1, -0.05) is 39.5 Å². The third-order valence-corrected chi connectivity index (χ3v) is 3.81. The van der Waals surface area contributed by atoms with E-state index >= 15 is 0 Å². The number of carbonyl (C=O) groups excluding carboxylic acids is 1. The molecular formula is C13H21N3O4S. The van der Waals surface area contributed by atoms with Crippen LogP contribution < -0.4 is 0 Å². The molecule has 0 saturated carbocycles. The van der Waals surface area contributed by atoms with Crippen LogP contribution in [0, 0.1) is 5.92 Å². The molecule has 0 aliphatic heterocycles. The summed E-state index contributed by atoms with van der Waals surface area (Å²) in [5, 5.41) is 17.4. The average molecular weight is 315 g/mol. The molecule has 0 aromatic carbocycles. The van der Waals surface area contributed by atoms with Crippen LogP contribution in [0.3, 0.4) is 0 Å². The second kappa shape index (κ2) is 7.44. The summed E-state index contributed by atoms with van der Waals surface area (Å²) in [5.74, 6) is -0.796. The van der Waals surface area contributed by atoms with Gasteiger partial charge in [-0.3, -0.25) is 9.36 Å². The van der Waals surface area contributed by atoms with Crippen molar-refractivity contribution in [2.75, 3.05) is 12.9 Å². The Morgan fingerprint density at radius 1 is 1.29 bits per heavy atom. The highest BCUT2D eigenvalue weighted by atomic mass is 32.2. The van der Waals surface area contributed by atoms with E-state index in [1.54, 1.807) is 4.57 Å². The Labute approximate surface area is 128 Å². The highest BCUT2D eigenvalue weighted by Crippen LogP contribution is 2.30. The van der Waals surface area contributed by atoms with Gasteiger partial charge in [0.05, 0.1) is 12.9 Å². The van der Waals surface area contributed by atoms with Gasteiger partial charge < -0.3 is 9.84 Å². The Morgan fingerprint density at radius 2 is 1.90 bits per heavy atom. The fraction of sp³-hybridized carbons (Fsp3) is 0.692. The van der Waals surface area contributed by atoms with Crippen molar-refractivity contribution in [3.63, 3.8) is 0 Å². The lowest BCUT2D eigenvalue weighted by molar-refractivity contribution is -0.146. The molecule has 1 atom stereocenters. The quantitative estimate of drug-likeness (QED) is 0.607. The number of carboxylic acids is 1. The van der Waals surface area contributed by atoms with Gasteiger partial charge in [0.15, 0.2) is 5.16 Å². The zero-order valence-corrected chi connectivity index (χ0v) is 13.7. The van der Waals surface area contributed by atoms with Crippen LogP contribution in [-0.4, -0.2) is 44.7 Å². The number of hydrogen-bond acceptors (Lipinski definition) is 6. The predicted molar refractivity (Wildman–Crippen MR) is 78.4 cm³/mol. The zero-order chi connectivity index (χ0) is 16.2. The number of carboxylic acid groups (broad SMARTS) is 1. The average Bonchev–Trinajstić information content (AvgIpc) is 2.79. The fourth-order valence-electron chi connectivity index (χ4n) is 1.96. The van der Waals surface area contributed by atoms with Gasteiger partial charge in [0.25, 0.3) is 0 Å². The predicted octanol–water partition coefficient (Wildman–Crippen LogP) is 1.95. The molecule has 1 aromatic rings. The first-order valence-corrected chi connectivity index (χ1v) is 7.65. The van der Waals surface area contributed by atoms with E-state index in [1.807, 2.05) is 27.7 Å². The molecule has 8 heteroatoms. The van der Waals surface area contributed by atoms with E-state index in [0.717, 1.165) is 11.8 Å². The maximum absolute atomic E-state index is 12.1. The minimum absolute atomic E-state index is 0.0323. The number of aliphatic carboxylic acids is 1. The van der Waals surface area contributed by atoms with Gasteiger partial charge in [0, 0.05) is 5.92 Å². The summed E-state index contributed by atoms with van der Waals surface area (Å²) in [6.45, 7) is 7.69. The smallest absolute Gasteiger partial charge is 0.329 e. The zero-order valence-electron chi connectivity index (χ0n) is 12.9. The molecule has 0 fully saturated rings. The number of carbonyl (C=O) groups is 2. The van der Waals surface area contributed by atoms with E-state index in [1.165, 1.54) is 7.11 Å². The lowest BCUT2D eigenvalue weighted by atomic mass is 10.0. The van der Waals surface area contributed by atoms with Crippen LogP contribution in [0.1, 0.15) is 45.5 Å². The van der Waals surface area contributed by atoms with Crippen molar-refractivity contribution in [3.05, 3.63) is 5.82 Å². The Morgan fingerprint density at radius 3 is 2.33 bits per heavy atom. The van der Waals surface area contributed by atoms with E-state index in [4.69, 9.17) is 9.84 Å². The second-order valence-electron chi connectivity index (χ2n) is 5.26. The van der Waals surface area contributed by atoms with Gasteiger partial charge in [-0.2, -0.15) is 0 Å². The van der Waals surface area contributed by atoms with Gasteiger partial charge in [0.1, 0.15) is 11.9 Å². The maximum Gasteiger partial charge on any atom is 0.329 e. The number of esters is 1. The standard InChI is InChI=1S/C13H21N3O4S/c1-7(2)10(12(19)20-5)16-11(8(3)4)14-15-13(16)21-6-9(17)18/h7-8,10H,6H2,1-5H3,(H,17,18). The van der Waals surface area contributed by atoms with Crippen molar-refractivity contribution in [2.45, 2.75) is 44.8 Å². The Hall–Kier alpha value is -1.57. The number of rotatable bonds is 7. The normalized spacial score (nSPS) is 12.7. The highest BCUT2D eigenvalue weighted by molar-refractivity contribution is 7.99. The molecule has 0 amide bonds. The molecular weight excluding hydrogens is 294 g/mol. The third-order valence-electron chi connectivity index (χ3n) is 2.88. The maximum atomic E-state index is 12.1. The largest absolute Gasteiger partial charge is 0.481 e.